The number of nitrogens with two attached hydrogens (primary N) is 1. The summed E-state index contributed by atoms with van der Waals surface area (Å²) < 4.78 is 11.0. The van der Waals surface area contributed by atoms with E-state index in [9.17, 15) is 0 Å². The molecule has 0 aliphatic rings. The molecule has 1 aromatic heterocycles. The molecule has 1 heterocycles. The Bertz CT molecular complexity index is 886. The predicted octanol–water partition coefficient (Wildman–Crippen LogP) is 4.03. The van der Waals surface area contributed by atoms with Crippen LogP contribution < -0.4 is 15.2 Å². The van der Waals surface area contributed by atoms with E-state index in [2.05, 4.69) is 28.0 Å². The Hall–Kier alpha value is -1.99. The van der Waals surface area contributed by atoms with Crippen molar-refractivity contribution in [1.82, 2.24) is 14.5 Å². The van der Waals surface area contributed by atoms with E-state index in [0.717, 1.165) is 28.6 Å². The van der Waals surface area contributed by atoms with Gasteiger partial charge in [-0.3, -0.25) is 9.40 Å². The van der Waals surface area contributed by atoms with Crippen LogP contribution in [0.2, 0.25) is 5.02 Å². The molecule has 2 aromatic carbocycles. The second-order valence-electron chi connectivity index (χ2n) is 6.53. The summed E-state index contributed by atoms with van der Waals surface area (Å²) in [6.07, 6.45) is 4.65. The van der Waals surface area contributed by atoms with Crippen molar-refractivity contribution >= 4 is 23.5 Å². The molecule has 1 atom stereocenters. The number of aryl methyl sites for hydroxylation is 1. The molecule has 28 heavy (non-hydrogen) atoms. The van der Waals surface area contributed by atoms with Crippen LogP contribution in [0.5, 0.6) is 5.75 Å². The summed E-state index contributed by atoms with van der Waals surface area (Å²) in [5.74, 6) is 1.08. The van der Waals surface area contributed by atoms with Crippen LogP contribution in [0.15, 0.2) is 65.8 Å². The Morgan fingerprint density at radius 3 is 2.86 bits per heavy atom. The second-order valence-corrected chi connectivity index (χ2v) is 7.93. The zero-order chi connectivity index (χ0) is 19.8. The van der Waals surface area contributed by atoms with Crippen LogP contribution in [-0.2, 0) is 13.5 Å². The average molecular weight is 417 g/mol. The third-order valence-electron chi connectivity index (χ3n) is 4.33. The van der Waals surface area contributed by atoms with Crippen molar-refractivity contribution in [3.63, 3.8) is 0 Å². The molecule has 5 nitrogen and oxygen atoms in total. The summed E-state index contributed by atoms with van der Waals surface area (Å²) in [6.45, 7) is 1.88. The van der Waals surface area contributed by atoms with E-state index >= 15 is 0 Å². The molecule has 0 amide bonds. The summed E-state index contributed by atoms with van der Waals surface area (Å²) in [5.41, 5.74) is 8.41. The summed E-state index contributed by atoms with van der Waals surface area (Å²) >= 11 is 7.65. The van der Waals surface area contributed by atoms with E-state index in [1.807, 2.05) is 49.8 Å². The van der Waals surface area contributed by atoms with E-state index in [-0.39, 0.29) is 5.92 Å². The van der Waals surface area contributed by atoms with Gasteiger partial charge in [0.1, 0.15) is 12.4 Å². The number of benzene rings is 2. The Labute approximate surface area is 175 Å². The molecule has 3 aromatic rings. The van der Waals surface area contributed by atoms with Crippen molar-refractivity contribution < 1.29 is 4.74 Å². The lowest BCUT2D eigenvalue weighted by atomic mass is 9.92. The summed E-state index contributed by atoms with van der Waals surface area (Å²) in [6, 6.07) is 16.1. The molecule has 148 valence electrons. The normalized spacial score (nSPS) is 12.1. The fraction of sp³-hybridized carbons (Fsp3) is 0.286. The minimum Gasteiger partial charge on any atom is -0.492 e. The molecule has 3 rings (SSSR count). The number of aromatic nitrogens is 2. The topological polar surface area (TPSA) is 65.1 Å². The molecular weight excluding hydrogens is 392 g/mol. The molecule has 0 saturated carbocycles. The quantitative estimate of drug-likeness (QED) is 0.386. The largest absolute Gasteiger partial charge is 0.492 e. The highest BCUT2D eigenvalue weighted by atomic mass is 35.5. The summed E-state index contributed by atoms with van der Waals surface area (Å²) in [7, 11) is 1.90. The Balaban J connectivity index is 1.50. The van der Waals surface area contributed by atoms with Gasteiger partial charge in [-0.05, 0) is 60.3 Å². The van der Waals surface area contributed by atoms with Crippen molar-refractivity contribution in [3.8, 4) is 5.75 Å². The van der Waals surface area contributed by atoms with Gasteiger partial charge in [0, 0.05) is 30.7 Å². The minimum atomic E-state index is 0.223. The first kappa shape index (κ1) is 20.7. The lowest BCUT2D eigenvalue weighted by Gasteiger charge is -2.17. The van der Waals surface area contributed by atoms with Gasteiger partial charge in [0.2, 0.25) is 0 Å². The molecule has 0 saturated heterocycles. The van der Waals surface area contributed by atoms with Gasteiger partial charge >= 0.3 is 0 Å². The van der Waals surface area contributed by atoms with Crippen LogP contribution in [0.3, 0.4) is 0 Å². The third-order valence-corrected chi connectivity index (χ3v) is 5.36. The predicted molar refractivity (Wildman–Crippen MR) is 116 cm³/mol. The smallest absolute Gasteiger partial charge is 0.119 e. The van der Waals surface area contributed by atoms with E-state index in [1.54, 1.807) is 16.6 Å². The number of hydrogen-bond acceptors (Lipinski definition) is 5. The SMILES string of the molecule is Cn1cc(SNCCOc2cccc(C(CN)Cc3cccc(Cl)c3)c2)cn1. The highest BCUT2D eigenvalue weighted by Crippen LogP contribution is 2.25. The Kier molecular flexibility index (Phi) is 7.80. The van der Waals surface area contributed by atoms with Gasteiger partial charge in [-0.1, -0.05) is 35.9 Å². The second kappa shape index (κ2) is 10.5. The van der Waals surface area contributed by atoms with Gasteiger partial charge in [-0.2, -0.15) is 5.10 Å². The Morgan fingerprint density at radius 1 is 1.25 bits per heavy atom. The first-order valence-electron chi connectivity index (χ1n) is 9.19. The number of ether oxygens (including phenoxy) is 1. The molecule has 0 aliphatic carbocycles. The fourth-order valence-electron chi connectivity index (χ4n) is 2.94. The maximum Gasteiger partial charge on any atom is 0.119 e. The maximum atomic E-state index is 6.10. The number of halogens is 1. The third kappa shape index (κ3) is 6.27. The molecule has 0 bridgehead atoms. The molecule has 3 N–H and O–H groups in total. The molecule has 7 heteroatoms. The van der Waals surface area contributed by atoms with E-state index in [4.69, 9.17) is 22.1 Å². The standard InChI is InChI=1S/C21H25ClN4OS/c1-26-15-21(14-24-26)28-25-8-9-27-20-7-3-5-17(12-20)18(13-23)10-16-4-2-6-19(22)11-16/h2-7,11-12,14-15,18,25H,8-10,13,23H2,1H3. The molecule has 0 aliphatic heterocycles. The first-order valence-corrected chi connectivity index (χ1v) is 10.4. The van der Waals surface area contributed by atoms with Crippen LogP contribution in [0, 0.1) is 0 Å². The van der Waals surface area contributed by atoms with Crippen molar-refractivity contribution in [2.75, 3.05) is 19.7 Å². The van der Waals surface area contributed by atoms with E-state index in [1.165, 1.54) is 11.1 Å². The van der Waals surface area contributed by atoms with Gasteiger partial charge in [0.05, 0.1) is 11.1 Å². The van der Waals surface area contributed by atoms with E-state index < -0.39 is 0 Å². The van der Waals surface area contributed by atoms with Crippen molar-refractivity contribution in [2.45, 2.75) is 17.2 Å². The molecule has 0 radical (unpaired) electrons. The monoisotopic (exact) mass is 416 g/mol. The van der Waals surface area contributed by atoms with Crippen molar-refractivity contribution in [3.05, 3.63) is 77.1 Å². The average Bonchev–Trinajstić information content (AvgIpc) is 3.11. The van der Waals surface area contributed by atoms with Gasteiger partial charge in [0.15, 0.2) is 0 Å². The van der Waals surface area contributed by atoms with Crippen LogP contribution in [0.1, 0.15) is 17.0 Å². The number of nitrogens with one attached hydrogen (secondary N) is 1. The van der Waals surface area contributed by atoms with Gasteiger partial charge in [-0.15, -0.1) is 0 Å². The van der Waals surface area contributed by atoms with Gasteiger partial charge in [0.25, 0.3) is 0 Å². The van der Waals surface area contributed by atoms with Crippen LogP contribution >= 0.6 is 23.5 Å². The van der Waals surface area contributed by atoms with Gasteiger partial charge < -0.3 is 10.5 Å². The lowest BCUT2D eigenvalue weighted by Crippen LogP contribution is -2.16. The maximum absolute atomic E-state index is 6.10. The fourth-order valence-corrected chi connectivity index (χ4v) is 3.81. The molecular formula is C21H25ClN4OS. The molecule has 0 fully saturated rings. The van der Waals surface area contributed by atoms with Crippen LogP contribution in [-0.4, -0.2) is 29.5 Å². The number of rotatable bonds is 10. The highest BCUT2D eigenvalue weighted by Gasteiger charge is 2.12. The summed E-state index contributed by atoms with van der Waals surface area (Å²) in [4.78, 5) is 1.08. The number of nitrogens with zero attached hydrogens (tertiary/aromatic N) is 2. The van der Waals surface area contributed by atoms with Crippen molar-refractivity contribution in [1.29, 1.82) is 0 Å². The Morgan fingerprint density at radius 2 is 2.11 bits per heavy atom. The minimum absolute atomic E-state index is 0.223. The molecule has 0 spiro atoms. The van der Waals surface area contributed by atoms with Crippen molar-refractivity contribution in [2.24, 2.45) is 12.8 Å². The van der Waals surface area contributed by atoms with Gasteiger partial charge in [-0.25, -0.2) is 0 Å². The zero-order valence-electron chi connectivity index (χ0n) is 15.8. The molecule has 1 unspecified atom stereocenters. The van der Waals surface area contributed by atoms with Crippen LogP contribution in [0.25, 0.3) is 0 Å². The first-order chi connectivity index (χ1) is 13.6. The zero-order valence-corrected chi connectivity index (χ0v) is 17.4. The highest BCUT2D eigenvalue weighted by molar-refractivity contribution is 7.97. The number of hydrogen-bond donors (Lipinski definition) is 2. The lowest BCUT2D eigenvalue weighted by molar-refractivity contribution is 0.324. The van der Waals surface area contributed by atoms with Crippen LogP contribution in [0.4, 0.5) is 0 Å². The van der Waals surface area contributed by atoms with E-state index in [0.29, 0.717) is 13.2 Å². The summed E-state index contributed by atoms with van der Waals surface area (Å²) in [5, 5.41) is 4.89.